The second-order valence-electron chi connectivity index (χ2n) is 2.58. The van der Waals surface area contributed by atoms with Gasteiger partial charge in [-0.25, -0.2) is 9.89 Å². The molecular formula is C7H7N3OS2. The molecule has 0 saturated heterocycles. The molecular weight excluding hydrogens is 206 g/mol. The minimum absolute atomic E-state index is 0.198. The van der Waals surface area contributed by atoms with Gasteiger partial charge in [0, 0.05) is 0 Å². The third-order valence-electron chi connectivity index (χ3n) is 1.69. The molecule has 0 saturated carbocycles. The normalized spacial score (nSPS) is 10.5. The van der Waals surface area contributed by atoms with Crippen molar-refractivity contribution in [2.24, 2.45) is 0 Å². The molecule has 0 aliphatic rings. The lowest BCUT2D eigenvalue weighted by molar-refractivity contribution is 0.753. The van der Waals surface area contributed by atoms with Crippen LogP contribution in [0, 0.1) is 4.77 Å². The number of hydrogen-bond donors (Lipinski definition) is 2. The van der Waals surface area contributed by atoms with E-state index in [0.29, 0.717) is 11.3 Å². The Bertz CT molecular complexity index is 463. The molecule has 0 amide bonds. The van der Waals surface area contributed by atoms with Gasteiger partial charge in [0.05, 0.1) is 6.54 Å². The van der Waals surface area contributed by atoms with Crippen molar-refractivity contribution in [2.45, 2.75) is 6.54 Å². The average molecular weight is 213 g/mol. The fraction of sp³-hybridized carbons (Fsp3) is 0.143. The summed E-state index contributed by atoms with van der Waals surface area (Å²) < 4.78 is 1.91. The average Bonchev–Trinajstić information content (AvgIpc) is 2.70. The van der Waals surface area contributed by atoms with E-state index < -0.39 is 0 Å². The van der Waals surface area contributed by atoms with Crippen LogP contribution in [0.1, 0.15) is 5.56 Å². The van der Waals surface area contributed by atoms with E-state index in [-0.39, 0.29) is 5.69 Å². The maximum absolute atomic E-state index is 11.2. The van der Waals surface area contributed by atoms with Gasteiger partial charge in [-0.3, -0.25) is 9.67 Å². The Hall–Kier alpha value is -1.14. The van der Waals surface area contributed by atoms with Crippen LogP contribution in [0.15, 0.2) is 21.6 Å². The van der Waals surface area contributed by atoms with Crippen molar-refractivity contribution in [3.8, 4) is 0 Å². The third kappa shape index (κ3) is 1.63. The number of aromatic amines is 2. The first kappa shape index (κ1) is 8.46. The predicted octanol–water partition coefficient (Wildman–Crippen LogP) is 1.34. The standard InChI is InChI=1S/C7H7N3OS2/c11-6-8-9-7(12)10(6)3-5-1-2-13-4-5/h1-2,4H,3H2,(H,8,11)(H,9,12). The van der Waals surface area contributed by atoms with E-state index in [0.717, 1.165) is 5.56 Å². The van der Waals surface area contributed by atoms with Gasteiger partial charge in [0.15, 0.2) is 4.77 Å². The van der Waals surface area contributed by atoms with Crippen LogP contribution in [0.3, 0.4) is 0 Å². The van der Waals surface area contributed by atoms with E-state index in [9.17, 15) is 4.79 Å². The number of thiophene rings is 1. The summed E-state index contributed by atoms with van der Waals surface area (Å²) in [7, 11) is 0. The summed E-state index contributed by atoms with van der Waals surface area (Å²) in [4.78, 5) is 11.2. The molecule has 0 unspecified atom stereocenters. The van der Waals surface area contributed by atoms with Crippen molar-refractivity contribution in [3.05, 3.63) is 37.6 Å². The zero-order valence-electron chi connectivity index (χ0n) is 6.61. The van der Waals surface area contributed by atoms with Gasteiger partial charge in [0.1, 0.15) is 0 Å². The molecule has 2 aromatic rings. The Morgan fingerprint density at radius 3 is 2.92 bits per heavy atom. The van der Waals surface area contributed by atoms with Crippen LogP contribution in [0.5, 0.6) is 0 Å². The zero-order chi connectivity index (χ0) is 9.26. The third-order valence-corrected chi connectivity index (χ3v) is 2.74. The monoisotopic (exact) mass is 213 g/mol. The Morgan fingerprint density at radius 2 is 2.38 bits per heavy atom. The van der Waals surface area contributed by atoms with E-state index in [2.05, 4.69) is 10.2 Å². The fourth-order valence-corrected chi connectivity index (χ4v) is 1.90. The summed E-state index contributed by atoms with van der Waals surface area (Å²) in [5.41, 5.74) is 0.891. The van der Waals surface area contributed by atoms with E-state index in [1.165, 1.54) is 4.57 Å². The lowest BCUT2D eigenvalue weighted by Gasteiger charge is -1.95. The summed E-state index contributed by atoms with van der Waals surface area (Å²) in [6, 6.07) is 1.97. The van der Waals surface area contributed by atoms with Crippen LogP contribution in [-0.4, -0.2) is 14.8 Å². The van der Waals surface area contributed by atoms with E-state index in [1.807, 2.05) is 16.8 Å². The zero-order valence-corrected chi connectivity index (χ0v) is 8.24. The van der Waals surface area contributed by atoms with E-state index >= 15 is 0 Å². The van der Waals surface area contributed by atoms with Crippen LogP contribution in [0.4, 0.5) is 0 Å². The summed E-state index contributed by atoms with van der Waals surface area (Å²) in [5.74, 6) is 0. The molecule has 2 rings (SSSR count). The number of aromatic nitrogens is 3. The highest BCUT2D eigenvalue weighted by atomic mass is 32.1. The van der Waals surface area contributed by atoms with Crippen molar-refractivity contribution < 1.29 is 0 Å². The fourth-order valence-electron chi connectivity index (χ4n) is 1.04. The molecule has 2 N–H and O–H groups in total. The van der Waals surface area contributed by atoms with E-state index in [4.69, 9.17) is 12.2 Å². The Labute approximate surface area is 82.8 Å². The Morgan fingerprint density at radius 1 is 1.54 bits per heavy atom. The topological polar surface area (TPSA) is 53.6 Å². The van der Waals surface area contributed by atoms with Gasteiger partial charge < -0.3 is 0 Å². The van der Waals surface area contributed by atoms with Crippen LogP contribution < -0.4 is 5.69 Å². The molecule has 2 aromatic heterocycles. The first-order valence-corrected chi connectivity index (χ1v) is 5.01. The second-order valence-corrected chi connectivity index (χ2v) is 3.74. The molecule has 0 aromatic carbocycles. The second kappa shape index (κ2) is 3.31. The molecule has 0 bridgehead atoms. The van der Waals surface area contributed by atoms with Crippen molar-refractivity contribution in [1.29, 1.82) is 0 Å². The Kier molecular flexibility index (Phi) is 2.15. The highest BCUT2D eigenvalue weighted by Gasteiger charge is 2.00. The number of nitrogens with zero attached hydrogens (tertiary/aromatic N) is 1. The van der Waals surface area contributed by atoms with Crippen molar-refractivity contribution in [3.63, 3.8) is 0 Å². The quantitative estimate of drug-likeness (QED) is 0.740. The molecule has 0 aliphatic carbocycles. The van der Waals surface area contributed by atoms with Gasteiger partial charge in [-0.2, -0.15) is 11.3 Å². The molecule has 0 atom stereocenters. The van der Waals surface area contributed by atoms with Crippen molar-refractivity contribution in [1.82, 2.24) is 14.8 Å². The highest BCUT2D eigenvalue weighted by molar-refractivity contribution is 7.71. The number of rotatable bonds is 2. The summed E-state index contributed by atoms with van der Waals surface area (Å²) >= 11 is 6.53. The molecule has 68 valence electrons. The molecule has 0 aliphatic heterocycles. The van der Waals surface area contributed by atoms with Gasteiger partial charge in [-0.05, 0) is 34.6 Å². The first-order valence-electron chi connectivity index (χ1n) is 3.66. The summed E-state index contributed by atoms with van der Waals surface area (Å²) in [5, 5.41) is 8.99. The molecule has 13 heavy (non-hydrogen) atoms. The smallest absolute Gasteiger partial charge is 0.272 e. The van der Waals surface area contributed by atoms with Gasteiger partial charge in [-0.1, -0.05) is 0 Å². The SMILES string of the molecule is O=c1[nH][nH]c(=S)n1Cc1ccsc1. The molecule has 0 fully saturated rings. The maximum atomic E-state index is 11.2. The Balaban J connectivity index is 2.38. The van der Waals surface area contributed by atoms with Gasteiger partial charge in [-0.15, -0.1) is 0 Å². The molecule has 2 heterocycles. The predicted molar refractivity (Wildman–Crippen MR) is 53.7 cm³/mol. The van der Waals surface area contributed by atoms with Crippen molar-refractivity contribution >= 4 is 23.6 Å². The molecule has 0 spiro atoms. The van der Waals surface area contributed by atoms with Gasteiger partial charge >= 0.3 is 5.69 Å². The maximum Gasteiger partial charge on any atom is 0.342 e. The van der Waals surface area contributed by atoms with Crippen LogP contribution in [-0.2, 0) is 6.54 Å². The lowest BCUT2D eigenvalue weighted by atomic mass is 10.3. The summed E-state index contributed by atoms with van der Waals surface area (Å²) in [6.07, 6.45) is 0. The number of hydrogen-bond acceptors (Lipinski definition) is 3. The lowest BCUT2D eigenvalue weighted by Crippen LogP contribution is -2.17. The number of H-pyrrole nitrogens is 2. The van der Waals surface area contributed by atoms with Gasteiger partial charge in [0.25, 0.3) is 0 Å². The van der Waals surface area contributed by atoms with Crippen LogP contribution >= 0.6 is 23.6 Å². The highest BCUT2D eigenvalue weighted by Crippen LogP contribution is 2.06. The molecule has 6 heteroatoms. The van der Waals surface area contributed by atoms with Gasteiger partial charge in [0.2, 0.25) is 0 Å². The van der Waals surface area contributed by atoms with Crippen LogP contribution in [0.25, 0.3) is 0 Å². The minimum Gasteiger partial charge on any atom is -0.272 e. The first-order chi connectivity index (χ1) is 6.27. The van der Waals surface area contributed by atoms with E-state index in [1.54, 1.807) is 11.3 Å². The molecule has 0 radical (unpaired) electrons. The summed E-state index contributed by atoms with van der Waals surface area (Å²) in [6.45, 7) is 0.529. The van der Waals surface area contributed by atoms with Crippen molar-refractivity contribution in [2.75, 3.05) is 0 Å². The largest absolute Gasteiger partial charge is 0.342 e. The number of nitrogens with one attached hydrogen (secondary N) is 2. The van der Waals surface area contributed by atoms with Crippen LogP contribution in [0.2, 0.25) is 0 Å². The molecule has 4 nitrogen and oxygen atoms in total. The minimum atomic E-state index is -0.198.